The van der Waals surface area contributed by atoms with E-state index in [9.17, 15) is 33.0 Å². The Labute approximate surface area is 153 Å². The quantitative estimate of drug-likeness (QED) is 0.450. The van der Waals surface area contributed by atoms with Gasteiger partial charge in [-0.15, -0.1) is 4.73 Å². The largest absolute Gasteiger partial charge is 0.492 e. The smallest absolute Gasteiger partial charge is 0.336 e. The maximum atomic E-state index is 12.3. The molecule has 146 valence electrons. The molecule has 12 heteroatoms. The van der Waals surface area contributed by atoms with Crippen LogP contribution < -0.4 is 4.84 Å². The first-order chi connectivity index (χ1) is 12.6. The molecule has 11 nitrogen and oxygen atoms in total. The monoisotopic (exact) mass is 400 g/mol. The van der Waals surface area contributed by atoms with Gasteiger partial charge < -0.3 is 15.1 Å². The Morgan fingerprint density at radius 2 is 1.63 bits per heavy atom. The molecule has 1 aliphatic heterocycles. The molecule has 2 amide bonds. The van der Waals surface area contributed by atoms with Crippen LogP contribution in [0.5, 0.6) is 11.8 Å². The first-order valence-corrected chi connectivity index (χ1v) is 9.42. The lowest BCUT2D eigenvalue weighted by atomic mass is 9.85. The summed E-state index contributed by atoms with van der Waals surface area (Å²) in [5.41, 5.74) is 0. The van der Waals surface area contributed by atoms with Crippen LogP contribution in [0.15, 0.2) is 23.1 Å². The van der Waals surface area contributed by atoms with Gasteiger partial charge in [0.25, 0.3) is 27.8 Å². The molecule has 3 rings (SSSR count). The average Bonchev–Trinajstić information content (AvgIpc) is 3.08. The van der Waals surface area contributed by atoms with E-state index in [0.717, 1.165) is 4.90 Å². The summed E-state index contributed by atoms with van der Waals surface area (Å²) < 4.78 is 31.3. The number of carbonyl (C=O) groups excluding carboxylic acids is 3. The fourth-order valence-electron chi connectivity index (χ4n) is 3.23. The van der Waals surface area contributed by atoms with Gasteiger partial charge in [-0.2, -0.15) is 8.42 Å². The number of imide groups is 1. The van der Waals surface area contributed by atoms with Crippen LogP contribution in [0.25, 0.3) is 0 Å². The molecule has 1 saturated carbocycles. The van der Waals surface area contributed by atoms with Crippen molar-refractivity contribution in [1.82, 2.24) is 9.63 Å². The molecule has 1 aromatic rings. The molecule has 0 atom stereocenters. The van der Waals surface area contributed by atoms with Gasteiger partial charge >= 0.3 is 5.97 Å². The molecule has 3 N–H and O–H groups in total. The second kappa shape index (κ2) is 6.70. The van der Waals surface area contributed by atoms with Crippen molar-refractivity contribution >= 4 is 27.9 Å². The van der Waals surface area contributed by atoms with Gasteiger partial charge in [-0.25, -0.2) is 4.79 Å². The van der Waals surface area contributed by atoms with E-state index in [1.54, 1.807) is 0 Å². The first-order valence-electron chi connectivity index (χ1n) is 7.98. The molecular formula is C15H16N2O9S. The normalized spacial score (nSPS) is 23.1. The number of carbonyl (C=O) groups is 3. The van der Waals surface area contributed by atoms with Crippen molar-refractivity contribution in [2.24, 2.45) is 5.92 Å². The van der Waals surface area contributed by atoms with Crippen molar-refractivity contribution in [3.05, 3.63) is 18.2 Å². The molecule has 2 heterocycles. The summed E-state index contributed by atoms with van der Waals surface area (Å²) in [5.74, 6) is -4.30. The topological polar surface area (TPSA) is 163 Å². The minimum Gasteiger partial charge on any atom is -0.492 e. The second-order valence-electron chi connectivity index (χ2n) is 6.26. The van der Waals surface area contributed by atoms with Gasteiger partial charge in [-0.3, -0.25) is 19.0 Å². The Morgan fingerprint density at radius 3 is 2.11 bits per heavy atom. The molecule has 0 spiro atoms. The maximum Gasteiger partial charge on any atom is 0.336 e. The maximum absolute atomic E-state index is 12.3. The van der Waals surface area contributed by atoms with Crippen LogP contribution in [0.1, 0.15) is 25.7 Å². The van der Waals surface area contributed by atoms with E-state index in [4.69, 9.17) is 9.39 Å². The van der Waals surface area contributed by atoms with E-state index in [1.165, 1.54) is 12.2 Å². The molecule has 0 saturated heterocycles. The summed E-state index contributed by atoms with van der Waals surface area (Å²) in [6, 6.07) is 0.204. The van der Waals surface area contributed by atoms with Gasteiger partial charge in [-0.05, 0) is 25.7 Å². The number of aromatic nitrogens is 1. The van der Waals surface area contributed by atoms with Crippen molar-refractivity contribution in [2.45, 2.75) is 36.6 Å². The van der Waals surface area contributed by atoms with E-state index >= 15 is 0 Å². The van der Waals surface area contributed by atoms with E-state index < -0.39 is 50.5 Å². The van der Waals surface area contributed by atoms with E-state index in [1.807, 2.05) is 0 Å². The van der Waals surface area contributed by atoms with Crippen molar-refractivity contribution in [1.29, 1.82) is 0 Å². The number of rotatable bonds is 4. The highest BCUT2D eigenvalue weighted by atomic mass is 32.2. The fraction of sp³-hybridized carbons (Fsp3) is 0.400. The third-order valence-corrected chi connectivity index (χ3v) is 5.43. The minimum absolute atomic E-state index is 0.203. The molecule has 0 unspecified atom stereocenters. The number of hydrogen-bond acceptors (Lipinski definition) is 8. The van der Waals surface area contributed by atoms with Crippen LogP contribution in [0, 0.1) is 5.92 Å². The molecule has 0 bridgehead atoms. The second-order valence-corrected chi connectivity index (χ2v) is 7.65. The zero-order valence-corrected chi connectivity index (χ0v) is 14.6. The lowest BCUT2D eigenvalue weighted by Crippen LogP contribution is -2.43. The van der Waals surface area contributed by atoms with E-state index in [-0.39, 0.29) is 23.6 Å². The molecule has 1 aromatic heterocycles. The van der Waals surface area contributed by atoms with Crippen molar-refractivity contribution in [3.63, 3.8) is 0 Å². The molecule has 1 fully saturated rings. The van der Waals surface area contributed by atoms with Crippen molar-refractivity contribution in [2.75, 3.05) is 0 Å². The Balaban J connectivity index is 1.65. The Bertz CT molecular complexity index is 921. The van der Waals surface area contributed by atoms with Crippen molar-refractivity contribution < 1.29 is 42.4 Å². The summed E-state index contributed by atoms with van der Waals surface area (Å²) >= 11 is 0. The molecule has 27 heavy (non-hydrogen) atoms. The standard InChI is InChI=1S/C15H16N2O9S/c18-11-5-6-12(19)16(11)9-3-1-8(2-4-9)15(22)26-17-13(20)7-10(14(17)21)27(23,24)25/h5-9,20-21H,1-4H2,(H,23,24,25). The zero-order valence-electron chi connectivity index (χ0n) is 13.8. The van der Waals surface area contributed by atoms with Crippen LogP contribution in [0.3, 0.4) is 0 Å². The van der Waals surface area contributed by atoms with E-state index in [2.05, 4.69) is 0 Å². The van der Waals surface area contributed by atoms with Gasteiger partial charge in [0.05, 0.1) is 5.92 Å². The summed E-state index contributed by atoms with van der Waals surface area (Å²) in [7, 11) is -4.82. The molecule has 0 aromatic carbocycles. The molecule has 1 aliphatic carbocycles. The predicted molar refractivity (Wildman–Crippen MR) is 85.9 cm³/mol. The van der Waals surface area contributed by atoms with Crippen LogP contribution >= 0.6 is 0 Å². The van der Waals surface area contributed by atoms with Gasteiger partial charge in [-0.1, -0.05) is 0 Å². The van der Waals surface area contributed by atoms with Crippen LogP contribution in [-0.2, 0) is 24.5 Å². The lowest BCUT2D eigenvalue weighted by Gasteiger charge is -2.32. The summed E-state index contributed by atoms with van der Waals surface area (Å²) in [6.45, 7) is 0. The Morgan fingerprint density at radius 1 is 1.07 bits per heavy atom. The first kappa shape index (κ1) is 18.9. The van der Waals surface area contributed by atoms with Crippen LogP contribution in [-0.4, -0.2) is 56.6 Å². The number of hydrogen-bond donors (Lipinski definition) is 3. The van der Waals surface area contributed by atoms with Gasteiger partial charge in [0, 0.05) is 24.3 Å². The third kappa shape index (κ3) is 3.53. The highest BCUT2D eigenvalue weighted by Crippen LogP contribution is 2.32. The van der Waals surface area contributed by atoms with E-state index in [0.29, 0.717) is 18.9 Å². The Kier molecular flexibility index (Phi) is 4.70. The predicted octanol–water partition coefficient (Wildman–Crippen LogP) is -0.415. The number of aromatic hydroxyl groups is 2. The highest BCUT2D eigenvalue weighted by Gasteiger charge is 2.37. The summed E-state index contributed by atoms with van der Waals surface area (Å²) in [4.78, 5) is 40.6. The van der Waals surface area contributed by atoms with Crippen molar-refractivity contribution in [3.8, 4) is 11.8 Å². The van der Waals surface area contributed by atoms with Crippen LogP contribution in [0.4, 0.5) is 0 Å². The Hall–Kier alpha value is -2.86. The number of nitrogens with zero attached hydrogens (tertiary/aromatic N) is 2. The molecule has 0 radical (unpaired) electrons. The summed E-state index contributed by atoms with van der Waals surface area (Å²) in [5, 5.41) is 19.4. The van der Waals surface area contributed by atoms with Gasteiger partial charge in [0.15, 0.2) is 4.90 Å². The molecule has 2 aliphatic rings. The zero-order chi connectivity index (χ0) is 19.9. The van der Waals surface area contributed by atoms with Gasteiger partial charge in [0.2, 0.25) is 5.88 Å². The third-order valence-electron chi connectivity index (χ3n) is 4.58. The fourth-order valence-corrected chi connectivity index (χ4v) is 3.80. The summed E-state index contributed by atoms with van der Waals surface area (Å²) in [6.07, 6.45) is 3.70. The van der Waals surface area contributed by atoms with Crippen LogP contribution in [0.2, 0.25) is 0 Å². The van der Waals surface area contributed by atoms with Gasteiger partial charge in [0.1, 0.15) is 0 Å². The lowest BCUT2D eigenvalue weighted by molar-refractivity contribution is -0.152. The number of amides is 2. The average molecular weight is 400 g/mol. The highest BCUT2D eigenvalue weighted by molar-refractivity contribution is 7.86. The molecular weight excluding hydrogens is 384 g/mol. The minimum atomic E-state index is -4.82. The SMILES string of the molecule is O=C(On1c(O)cc(S(=O)(=O)O)c1O)C1CCC(N2C(=O)C=CC2=O)CC1.